The first-order valence-corrected chi connectivity index (χ1v) is 8.37. The Labute approximate surface area is 150 Å². The number of hydrogen-bond acceptors (Lipinski definition) is 6. The van der Waals surface area contributed by atoms with E-state index < -0.39 is 17.0 Å². The van der Waals surface area contributed by atoms with Crippen LogP contribution in [0.5, 0.6) is 17.2 Å². The summed E-state index contributed by atoms with van der Waals surface area (Å²) in [4.78, 5) is 12.8. The number of phenolic OH excluding ortho intramolecular Hbond substituents is 2. The molecular formula is C20H20O6. The lowest BCUT2D eigenvalue weighted by atomic mass is 9.77. The number of carbonyl (C=O) groups is 1. The molecule has 26 heavy (non-hydrogen) atoms. The number of aliphatic hydroxyl groups excluding tert-OH is 1. The molecule has 4 rings (SSSR count). The molecule has 136 valence electrons. The molecule has 1 aliphatic heterocycles. The van der Waals surface area contributed by atoms with E-state index in [1.165, 1.54) is 13.2 Å². The third-order valence-electron chi connectivity index (χ3n) is 5.73. The van der Waals surface area contributed by atoms with Gasteiger partial charge in [-0.2, -0.15) is 0 Å². The van der Waals surface area contributed by atoms with Crippen molar-refractivity contribution < 1.29 is 29.6 Å². The van der Waals surface area contributed by atoms with Gasteiger partial charge in [-0.3, -0.25) is 4.79 Å². The van der Waals surface area contributed by atoms with E-state index in [9.17, 15) is 20.1 Å². The Bertz CT molecular complexity index is 1040. The maximum atomic E-state index is 12.8. The summed E-state index contributed by atoms with van der Waals surface area (Å²) >= 11 is 0. The second-order valence-corrected chi connectivity index (χ2v) is 7.46. The van der Waals surface area contributed by atoms with Gasteiger partial charge in [-0.15, -0.1) is 0 Å². The SMILES string of the molecule is COC1=C(O)c2c(O)c3c(c4c(C)cc(O)c(c24)C1=O)O[C@H](C)C3(C)C. The quantitative estimate of drug-likeness (QED) is 0.721. The zero-order valence-corrected chi connectivity index (χ0v) is 15.2. The van der Waals surface area contributed by atoms with Crippen molar-refractivity contribution in [3.05, 3.63) is 34.1 Å². The molecule has 0 radical (unpaired) electrons. The van der Waals surface area contributed by atoms with Gasteiger partial charge < -0.3 is 24.8 Å². The Morgan fingerprint density at radius 2 is 1.81 bits per heavy atom. The fraction of sp³-hybridized carbons (Fsp3) is 0.350. The molecule has 0 spiro atoms. The van der Waals surface area contributed by atoms with E-state index >= 15 is 0 Å². The number of phenols is 2. The van der Waals surface area contributed by atoms with E-state index in [1.54, 1.807) is 6.92 Å². The number of carbonyl (C=O) groups excluding carboxylic acids is 1. The Morgan fingerprint density at radius 1 is 1.15 bits per heavy atom. The summed E-state index contributed by atoms with van der Waals surface area (Å²) < 4.78 is 11.1. The number of fused-ring (bicyclic) bond motifs is 2. The molecule has 0 bridgehead atoms. The lowest BCUT2D eigenvalue weighted by molar-refractivity contribution is 0.0947. The van der Waals surface area contributed by atoms with Crippen LogP contribution in [0.2, 0.25) is 0 Å². The Hall–Kier alpha value is -2.89. The zero-order chi connectivity index (χ0) is 19.1. The fourth-order valence-corrected chi connectivity index (χ4v) is 4.05. The van der Waals surface area contributed by atoms with Crippen molar-refractivity contribution >= 4 is 22.3 Å². The standard InChI is InChI=1S/C20H20O6/c1-7-6-9(21)11-12-10(7)18-14(20(3,4)8(2)26-18)15(22)13(12)17(24)19(25-5)16(11)23/h6,8,21-22,24H,1-5H3/t8-/m1/s1. The molecule has 0 saturated carbocycles. The highest BCUT2D eigenvalue weighted by molar-refractivity contribution is 6.26. The minimum Gasteiger partial charge on any atom is -0.507 e. The molecule has 2 aromatic carbocycles. The molecule has 2 aromatic rings. The molecule has 0 saturated heterocycles. The molecule has 3 N–H and O–H groups in total. The summed E-state index contributed by atoms with van der Waals surface area (Å²) in [7, 11) is 1.26. The van der Waals surface area contributed by atoms with Crippen molar-refractivity contribution in [2.75, 3.05) is 7.11 Å². The van der Waals surface area contributed by atoms with Gasteiger partial charge in [0.25, 0.3) is 0 Å². The molecule has 1 heterocycles. The number of aryl methyl sites for hydroxylation is 1. The van der Waals surface area contributed by atoms with Crippen molar-refractivity contribution in [3.63, 3.8) is 0 Å². The molecule has 2 aliphatic rings. The Balaban J connectivity index is 2.32. The van der Waals surface area contributed by atoms with Crippen LogP contribution in [-0.2, 0) is 10.2 Å². The van der Waals surface area contributed by atoms with Crippen molar-refractivity contribution in [1.82, 2.24) is 0 Å². The minimum absolute atomic E-state index is 0.00527. The van der Waals surface area contributed by atoms with Gasteiger partial charge in [-0.25, -0.2) is 0 Å². The topological polar surface area (TPSA) is 96.2 Å². The molecule has 0 unspecified atom stereocenters. The smallest absolute Gasteiger partial charge is 0.235 e. The maximum absolute atomic E-state index is 12.8. The number of aromatic hydroxyl groups is 2. The van der Waals surface area contributed by atoms with Crippen molar-refractivity contribution in [2.45, 2.75) is 39.2 Å². The average molecular weight is 356 g/mol. The van der Waals surface area contributed by atoms with Gasteiger partial charge in [0.15, 0.2) is 5.76 Å². The van der Waals surface area contributed by atoms with Crippen molar-refractivity contribution in [1.29, 1.82) is 0 Å². The first-order valence-electron chi connectivity index (χ1n) is 8.37. The monoisotopic (exact) mass is 356 g/mol. The molecule has 1 aliphatic carbocycles. The van der Waals surface area contributed by atoms with Crippen molar-refractivity contribution in [3.8, 4) is 17.2 Å². The summed E-state index contributed by atoms with van der Waals surface area (Å²) in [5, 5.41) is 33.0. The van der Waals surface area contributed by atoms with E-state index in [4.69, 9.17) is 9.47 Å². The number of rotatable bonds is 1. The largest absolute Gasteiger partial charge is 0.507 e. The third kappa shape index (κ3) is 1.69. The van der Waals surface area contributed by atoms with Crippen LogP contribution in [0.1, 0.15) is 47.8 Å². The summed E-state index contributed by atoms with van der Waals surface area (Å²) in [6.45, 7) is 7.59. The molecular weight excluding hydrogens is 336 g/mol. The number of methoxy groups -OCH3 is 1. The molecule has 0 fully saturated rings. The number of benzene rings is 2. The highest BCUT2D eigenvalue weighted by Crippen LogP contribution is 2.57. The molecule has 6 heteroatoms. The second-order valence-electron chi connectivity index (χ2n) is 7.46. The first-order chi connectivity index (χ1) is 12.1. The van der Waals surface area contributed by atoms with Gasteiger partial charge in [-0.1, -0.05) is 13.8 Å². The molecule has 0 aromatic heterocycles. The lowest BCUT2D eigenvalue weighted by Gasteiger charge is -2.26. The van der Waals surface area contributed by atoms with Crippen LogP contribution in [0, 0.1) is 6.92 Å². The van der Waals surface area contributed by atoms with Crippen LogP contribution in [0.3, 0.4) is 0 Å². The summed E-state index contributed by atoms with van der Waals surface area (Å²) in [5.41, 5.74) is 0.835. The molecule has 1 atom stereocenters. The normalized spacial score (nSPS) is 20.3. The number of ether oxygens (including phenoxy) is 2. The van der Waals surface area contributed by atoms with Gasteiger partial charge in [0, 0.05) is 21.8 Å². The number of allylic oxidation sites excluding steroid dienone is 1. The van der Waals surface area contributed by atoms with E-state index in [2.05, 4.69) is 0 Å². The predicted octanol–water partition coefficient (Wildman–Crippen LogP) is 3.69. The second kappa shape index (κ2) is 4.84. The molecule has 0 amide bonds. The molecule has 6 nitrogen and oxygen atoms in total. The average Bonchev–Trinajstić information content (AvgIpc) is 2.77. The predicted molar refractivity (Wildman–Crippen MR) is 96.0 cm³/mol. The van der Waals surface area contributed by atoms with E-state index in [-0.39, 0.29) is 39.9 Å². The van der Waals surface area contributed by atoms with E-state index in [1.807, 2.05) is 20.8 Å². The first kappa shape index (κ1) is 16.6. The number of Topliss-reactive ketones (excluding diaryl/α,β-unsaturated/α-hetero) is 1. The Kier molecular flexibility index (Phi) is 3.09. The zero-order valence-electron chi connectivity index (χ0n) is 15.2. The Morgan fingerprint density at radius 3 is 2.42 bits per heavy atom. The van der Waals surface area contributed by atoms with Gasteiger partial charge in [0.1, 0.15) is 23.4 Å². The van der Waals surface area contributed by atoms with Crippen LogP contribution in [0.15, 0.2) is 11.8 Å². The fourth-order valence-electron chi connectivity index (χ4n) is 4.05. The van der Waals surface area contributed by atoms with Crippen LogP contribution in [-0.4, -0.2) is 34.3 Å². The lowest BCUT2D eigenvalue weighted by Crippen LogP contribution is -2.29. The van der Waals surface area contributed by atoms with Gasteiger partial charge in [0.2, 0.25) is 11.5 Å². The van der Waals surface area contributed by atoms with Crippen LogP contribution >= 0.6 is 0 Å². The third-order valence-corrected chi connectivity index (χ3v) is 5.73. The van der Waals surface area contributed by atoms with Gasteiger partial charge in [0.05, 0.1) is 18.2 Å². The minimum atomic E-state index is -0.635. The highest BCUT2D eigenvalue weighted by Gasteiger charge is 2.46. The van der Waals surface area contributed by atoms with Gasteiger partial charge in [-0.05, 0) is 25.5 Å². The number of aliphatic hydroxyl groups is 1. The van der Waals surface area contributed by atoms with Crippen LogP contribution in [0.25, 0.3) is 16.5 Å². The highest BCUT2D eigenvalue weighted by atomic mass is 16.5. The van der Waals surface area contributed by atoms with E-state index in [0.29, 0.717) is 22.3 Å². The summed E-state index contributed by atoms with van der Waals surface area (Å²) in [5.74, 6) is -1.28. The van der Waals surface area contributed by atoms with Gasteiger partial charge >= 0.3 is 0 Å². The summed E-state index contributed by atoms with van der Waals surface area (Å²) in [6.07, 6.45) is -0.219. The van der Waals surface area contributed by atoms with Crippen molar-refractivity contribution in [2.24, 2.45) is 0 Å². The van der Waals surface area contributed by atoms with E-state index in [0.717, 1.165) is 0 Å². The maximum Gasteiger partial charge on any atom is 0.235 e. The summed E-state index contributed by atoms with van der Waals surface area (Å²) in [6, 6.07) is 1.49. The van der Waals surface area contributed by atoms with Crippen LogP contribution < -0.4 is 4.74 Å². The number of ketones is 1. The number of hydrogen-bond donors (Lipinski definition) is 3. The van der Waals surface area contributed by atoms with Crippen LogP contribution in [0.4, 0.5) is 0 Å².